The Kier molecular flexibility index (Phi) is 5.42. The molecule has 3 aromatic rings. The van der Waals surface area contributed by atoms with Gasteiger partial charge >= 0.3 is 0 Å². The summed E-state index contributed by atoms with van der Waals surface area (Å²) in [5, 5.41) is 23.5. The van der Waals surface area contributed by atoms with Crippen LogP contribution in [0.15, 0.2) is 40.7 Å². The van der Waals surface area contributed by atoms with Crippen molar-refractivity contribution >= 4 is 39.6 Å². The number of thioether (sulfide) groups is 1. The second-order valence-corrected chi connectivity index (χ2v) is 8.32. The third kappa shape index (κ3) is 4.24. The van der Waals surface area contributed by atoms with E-state index in [1.807, 2.05) is 31.2 Å². The van der Waals surface area contributed by atoms with Gasteiger partial charge in [-0.15, -0.1) is 10.2 Å². The van der Waals surface area contributed by atoms with Crippen LogP contribution in [-0.4, -0.2) is 21.9 Å². The summed E-state index contributed by atoms with van der Waals surface area (Å²) in [7, 11) is 0. The maximum Gasteiger partial charge on any atom is 0.270 e. The first-order chi connectivity index (χ1) is 13.6. The number of anilines is 2. The van der Waals surface area contributed by atoms with Crippen LogP contribution in [0, 0.1) is 17.0 Å². The molecular weight excluding hydrogens is 400 g/mol. The van der Waals surface area contributed by atoms with Gasteiger partial charge < -0.3 is 14.8 Å². The van der Waals surface area contributed by atoms with E-state index in [2.05, 4.69) is 15.5 Å². The minimum Gasteiger partial charge on any atom is -0.467 e. The number of benzene rings is 2. The molecule has 0 amide bonds. The Bertz CT molecular complexity index is 1020. The number of nitro benzene ring substituents is 1. The number of fused-ring (bicyclic) bond motifs is 1. The Balaban J connectivity index is 1.48. The summed E-state index contributed by atoms with van der Waals surface area (Å²) in [6.45, 7) is 2.48. The zero-order chi connectivity index (χ0) is 19.5. The van der Waals surface area contributed by atoms with Crippen LogP contribution in [0.2, 0.25) is 0 Å². The van der Waals surface area contributed by atoms with E-state index in [1.165, 1.54) is 29.2 Å². The van der Waals surface area contributed by atoms with Gasteiger partial charge in [0, 0.05) is 34.7 Å². The van der Waals surface area contributed by atoms with Crippen molar-refractivity contribution in [2.24, 2.45) is 0 Å². The number of hydrogen-bond donors (Lipinski definition) is 1. The molecule has 0 fully saturated rings. The van der Waals surface area contributed by atoms with E-state index in [9.17, 15) is 10.1 Å². The van der Waals surface area contributed by atoms with Crippen LogP contribution < -0.4 is 10.1 Å². The van der Waals surface area contributed by atoms with Gasteiger partial charge in [-0.05, 0) is 24.6 Å². The Morgan fingerprint density at radius 3 is 3.04 bits per heavy atom. The number of nitrogens with one attached hydrogen (secondary N) is 1. The van der Waals surface area contributed by atoms with Crippen molar-refractivity contribution in [1.29, 1.82) is 0 Å². The smallest absolute Gasteiger partial charge is 0.270 e. The van der Waals surface area contributed by atoms with Gasteiger partial charge in [0.2, 0.25) is 5.13 Å². The Hall–Kier alpha value is -2.69. The molecule has 0 radical (unpaired) electrons. The number of aryl methyl sites for hydroxylation is 1. The molecule has 28 heavy (non-hydrogen) atoms. The van der Waals surface area contributed by atoms with E-state index in [1.54, 1.807) is 6.07 Å². The Labute approximate surface area is 169 Å². The monoisotopic (exact) mass is 416 g/mol. The van der Waals surface area contributed by atoms with Crippen molar-refractivity contribution in [2.45, 2.75) is 23.6 Å². The molecule has 2 heterocycles. The fraction of sp³-hybridized carbons (Fsp3) is 0.222. The van der Waals surface area contributed by atoms with Crippen molar-refractivity contribution in [2.75, 3.05) is 12.1 Å². The van der Waals surface area contributed by atoms with Crippen LogP contribution in [0.5, 0.6) is 5.75 Å². The Morgan fingerprint density at radius 2 is 2.21 bits per heavy atom. The van der Waals surface area contributed by atoms with Gasteiger partial charge in [-0.3, -0.25) is 10.1 Å². The number of hydrogen-bond acceptors (Lipinski definition) is 9. The third-order valence-corrected chi connectivity index (χ3v) is 6.03. The lowest BCUT2D eigenvalue weighted by Gasteiger charge is -2.20. The highest BCUT2D eigenvalue weighted by molar-refractivity contribution is 8.00. The van der Waals surface area contributed by atoms with Crippen molar-refractivity contribution in [1.82, 2.24) is 10.2 Å². The number of ether oxygens (including phenoxy) is 2. The average Bonchev–Trinajstić information content (AvgIpc) is 3.13. The molecule has 0 unspecified atom stereocenters. The minimum atomic E-state index is -0.405. The maximum atomic E-state index is 11.2. The summed E-state index contributed by atoms with van der Waals surface area (Å²) >= 11 is 2.89. The second kappa shape index (κ2) is 8.13. The quantitative estimate of drug-likeness (QED) is 0.352. The summed E-state index contributed by atoms with van der Waals surface area (Å²) < 4.78 is 11.6. The molecule has 0 spiro atoms. The lowest BCUT2D eigenvalue weighted by atomic mass is 10.1. The zero-order valence-corrected chi connectivity index (χ0v) is 16.5. The highest BCUT2D eigenvalue weighted by Crippen LogP contribution is 2.37. The highest BCUT2D eigenvalue weighted by Gasteiger charge is 2.21. The molecule has 0 aliphatic carbocycles. The molecule has 1 aliphatic rings. The molecule has 144 valence electrons. The molecular formula is C18H16N4O4S2. The number of nitrogens with zero attached hydrogens (tertiary/aromatic N) is 3. The van der Waals surface area contributed by atoms with Crippen molar-refractivity contribution < 1.29 is 14.4 Å². The number of non-ortho nitro benzene ring substituents is 1. The van der Waals surface area contributed by atoms with Crippen LogP contribution in [0.4, 0.5) is 16.5 Å². The lowest BCUT2D eigenvalue weighted by Crippen LogP contribution is -2.13. The molecule has 0 saturated heterocycles. The van der Waals surface area contributed by atoms with Crippen molar-refractivity contribution in [3.05, 3.63) is 63.2 Å². The molecule has 1 aromatic heterocycles. The van der Waals surface area contributed by atoms with E-state index >= 15 is 0 Å². The molecule has 0 saturated carbocycles. The van der Waals surface area contributed by atoms with Crippen LogP contribution in [0.25, 0.3) is 0 Å². The highest BCUT2D eigenvalue weighted by atomic mass is 32.2. The van der Waals surface area contributed by atoms with Gasteiger partial charge in [-0.25, -0.2) is 0 Å². The van der Waals surface area contributed by atoms with Gasteiger partial charge in [0.15, 0.2) is 11.1 Å². The van der Waals surface area contributed by atoms with E-state index < -0.39 is 4.92 Å². The predicted molar refractivity (Wildman–Crippen MR) is 107 cm³/mol. The Morgan fingerprint density at radius 1 is 1.32 bits per heavy atom. The van der Waals surface area contributed by atoms with Crippen molar-refractivity contribution in [3.63, 3.8) is 0 Å². The fourth-order valence-electron chi connectivity index (χ4n) is 2.80. The molecule has 1 N–H and O–H groups in total. The van der Waals surface area contributed by atoms with Crippen molar-refractivity contribution in [3.8, 4) is 5.75 Å². The summed E-state index contributed by atoms with van der Waals surface area (Å²) in [6.07, 6.45) is 0. The maximum absolute atomic E-state index is 11.2. The largest absolute Gasteiger partial charge is 0.467 e. The lowest BCUT2D eigenvalue weighted by molar-refractivity contribution is -0.385. The van der Waals surface area contributed by atoms with Crippen LogP contribution in [0.1, 0.15) is 16.7 Å². The summed E-state index contributed by atoms with van der Waals surface area (Å²) in [5.74, 6) is 1.15. The third-order valence-electron chi connectivity index (χ3n) is 4.01. The fourth-order valence-corrected chi connectivity index (χ4v) is 4.54. The second-order valence-electron chi connectivity index (χ2n) is 6.12. The summed E-state index contributed by atoms with van der Waals surface area (Å²) in [4.78, 5) is 10.8. The normalized spacial score (nSPS) is 12.9. The predicted octanol–water partition coefficient (Wildman–Crippen LogP) is 4.66. The first-order valence-corrected chi connectivity index (χ1v) is 10.2. The topological polar surface area (TPSA) is 99.4 Å². The number of nitro groups is 1. The first kappa shape index (κ1) is 18.7. The van der Waals surface area contributed by atoms with Crippen LogP contribution in [0.3, 0.4) is 0 Å². The van der Waals surface area contributed by atoms with Gasteiger partial charge in [0.05, 0.1) is 11.5 Å². The van der Waals surface area contributed by atoms with E-state index in [0.29, 0.717) is 28.8 Å². The zero-order valence-electron chi connectivity index (χ0n) is 14.9. The SMILES string of the molecule is Cc1cccc(Nc2nnc(SCc3cc([N+](=O)[O-])cc4c3OCOC4)s2)c1. The molecule has 8 nitrogen and oxygen atoms in total. The molecule has 0 atom stereocenters. The average molecular weight is 416 g/mol. The van der Waals surface area contributed by atoms with E-state index in [4.69, 9.17) is 9.47 Å². The molecule has 0 bridgehead atoms. The molecule has 1 aliphatic heterocycles. The van der Waals surface area contributed by atoms with Crippen LogP contribution >= 0.6 is 23.1 Å². The van der Waals surface area contributed by atoms with Gasteiger partial charge in [0.25, 0.3) is 5.69 Å². The summed E-state index contributed by atoms with van der Waals surface area (Å²) in [6, 6.07) is 11.0. The molecule has 10 heteroatoms. The van der Waals surface area contributed by atoms with Crippen LogP contribution in [-0.2, 0) is 17.1 Å². The standard InChI is InChI=1S/C18H16N4O4S2/c1-11-3-2-4-14(5-11)19-17-20-21-18(28-17)27-9-13-7-15(22(23)24)6-12-8-25-10-26-16(12)13/h2-7H,8-10H2,1H3,(H,19,20). The molecule has 2 aromatic carbocycles. The van der Waals surface area contributed by atoms with Gasteiger partial charge in [-0.1, -0.05) is 35.2 Å². The number of rotatable bonds is 6. The number of aromatic nitrogens is 2. The first-order valence-electron chi connectivity index (χ1n) is 8.39. The van der Waals surface area contributed by atoms with E-state index in [-0.39, 0.29) is 12.5 Å². The minimum absolute atomic E-state index is 0.0301. The summed E-state index contributed by atoms with van der Waals surface area (Å²) in [5.41, 5.74) is 3.58. The van der Waals surface area contributed by atoms with E-state index in [0.717, 1.165) is 21.2 Å². The van der Waals surface area contributed by atoms with Gasteiger partial charge in [0.1, 0.15) is 5.75 Å². The van der Waals surface area contributed by atoms with Gasteiger partial charge in [-0.2, -0.15) is 0 Å². The molecule has 4 rings (SSSR count).